The SMILES string of the molecule is c1ccc(-c2ccc(N(c3ccc(-c4ccc5cc6oc7ccccc7c6cc5c4)cc3)c3cccc(-c4cccc5oc6ccccc6c45)c3)cc2)cc1. The predicted octanol–water partition coefficient (Wildman–Crippen LogP) is 15.1. The van der Waals surface area contributed by atoms with Gasteiger partial charge in [0.1, 0.15) is 22.3 Å². The Morgan fingerprint density at radius 1 is 0.291 bits per heavy atom. The van der Waals surface area contributed by atoms with Gasteiger partial charge >= 0.3 is 0 Å². The van der Waals surface area contributed by atoms with E-state index < -0.39 is 0 Å². The zero-order valence-corrected chi connectivity index (χ0v) is 29.8. The maximum atomic E-state index is 6.27. The molecule has 0 radical (unpaired) electrons. The van der Waals surface area contributed by atoms with Crippen LogP contribution in [0.25, 0.3) is 88.0 Å². The van der Waals surface area contributed by atoms with E-state index in [-0.39, 0.29) is 0 Å². The van der Waals surface area contributed by atoms with Gasteiger partial charge in [-0.15, -0.1) is 0 Å². The Balaban J connectivity index is 1.01. The second kappa shape index (κ2) is 12.6. The fraction of sp³-hybridized carbons (Fsp3) is 0. The second-order valence-corrected chi connectivity index (χ2v) is 14.1. The molecule has 11 aromatic rings. The van der Waals surface area contributed by atoms with Crippen LogP contribution in [-0.2, 0) is 0 Å². The van der Waals surface area contributed by atoms with E-state index in [1.165, 1.54) is 22.1 Å². The zero-order chi connectivity index (χ0) is 36.3. The van der Waals surface area contributed by atoms with Gasteiger partial charge in [-0.1, -0.05) is 127 Å². The van der Waals surface area contributed by atoms with Gasteiger partial charge in [-0.3, -0.25) is 0 Å². The average Bonchev–Trinajstić information content (AvgIpc) is 3.82. The van der Waals surface area contributed by atoms with Crippen LogP contribution in [0.15, 0.2) is 209 Å². The summed E-state index contributed by atoms with van der Waals surface area (Å²) in [6.07, 6.45) is 0. The van der Waals surface area contributed by atoms with Gasteiger partial charge in [0.25, 0.3) is 0 Å². The first kappa shape index (κ1) is 31.2. The molecule has 0 saturated carbocycles. The molecule has 3 heteroatoms. The quantitative estimate of drug-likeness (QED) is 0.173. The first-order valence-corrected chi connectivity index (χ1v) is 18.7. The lowest BCUT2D eigenvalue weighted by Gasteiger charge is -2.26. The first-order chi connectivity index (χ1) is 27.2. The largest absolute Gasteiger partial charge is 0.456 e. The fourth-order valence-electron chi connectivity index (χ4n) is 8.16. The molecule has 3 nitrogen and oxygen atoms in total. The molecule has 0 N–H and O–H groups in total. The molecule has 11 rings (SSSR count). The van der Waals surface area contributed by atoms with Crippen LogP contribution in [0.1, 0.15) is 0 Å². The molecule has 2 aromatic heterocycles. The molecule has 0 saturated heterocycles. The number of nitrogens with zero attached hydrogens (tertiary/aromatic N) is 1. The summed E-state index contributed by atoms with van der Waals surface area (Å²) < 4.78 is 12.4. The van der Waals surface area contributed by atoms with Gasteiger partial charge < -0.3 is 13.7 Å². The van der Waals surface area contributed by atoms with Crippen molar-refractivity contribution in [3.8, 4) is 33.4 Å². The van der Waals surface area contributed by atoms with Crippen molar-refractivity contribution in [2.75, 3.05) is 4.90 Å². The smallest absolute Gasteiger partial charge is 0.136 e. The molecule has 0 aliphatic carbocycles. The summed E-state index contributed by atoms with van der Waals surface area (Å²) in [5.74, 6) is 0. The summed E-state index contributed by atoms with van der Waals surface area (Å²) in [4.78, 5) is 2.34. The highest BCUT2D eigenvalue weighted by molar-refractivity contribution is 6.13. The van der Waals surface area contributed by atoms with Gasteiger partial charge in [0.15, 0.2) is 0 Å². The highest BCUT2D eigenvalue weighted by Gasteiger charge is 2.17. The van der Waals surface area contributed by atoms with Crippen LogP contribution in [0.2, 0.25) is 0 Å². The average molecular weight is 704 g/mol. The van der Waals surface area contributed by atoms with E-state index in [0.717, 1.165) is 83.0 Å². The minimum atomic E-state index is 0.893. The third-order valence-electron chi connectivity index (χ3n) is 10.8. The van der Waals surface area contributed by atoms with Crippen LogP contribution in [-0.4, -0.2) is 0 Å². The van der Waals surface area contributed by atoms with Crippen molar-refractivity contribution in [1.29, 1.82) is 0 Å². The first-order valence-electron chi connectivity index (χ1n) is 18.7. The van der Waals surface area contributed by atoms with Crippen LogP contribution in [0.3, 0.4) is 0 Å². The number of anilines is 3. The van der Waals surface area contributed by atoms with Crippen molar-refractivity contribution in [1.82, 2.24) is 0 Å². The molecule has 0 aliphatic rings. The Morgan fingerprint density at radius 2 is 0.873 bits per heavy atom. The maximum absolute atomic E-state index is 6.27. The molecular formula is C52H33NO2. The summed E-state index contributed by atoms with van der Waals surface area (Å²) in [7, 11) is 0. The molecule has 0 spiro atoms. The predicted molar refractivity (Wildman–Crippen MR) is 229 cm³/mol. The van der Waals surface area contributed by atoms with Crippen LogP contribution in [0.5, 0.6) is 0 Å². The molecular weight excluding hydrogens is 671 g/mol. The second-order valence-electron chi connectivity index (χ2n) is 14.1. The van der Waals surface area contributed by atoms with Gasteiger partial charge in [-0.05, 0) is 117 Å². The Labute approximate surface area is 317 Å². The monoisotopic (exact) mass is 703 g/mol. The van der Waals surface area contributed by atoms with Crippen molar-refractivity contribution in [3.05, 3.63) is 200 Å². The lowest BCUT2D eigenvalue weighted by molar-refractivity contribution is 0.669. The molecule has 0 fully saturated rings. The third kappa shape index (κ3) is 5.36. The van der Waals surface area contributed by atoms with Crippen molar-refractivity contribution < 1.29 is 8.83 Å². The summed E-state index contributed by atoms with van der Waals surface area (Å²) >= 11 is 0. The fourth-order valence-corrected chi connectivity index (χ4v) is 8.16. The molecule has 0 atom stereocenters. The van der Waals surface area contributed by atoms with E-state index in [9.17, 15) is 0 Å². The summed E-state index contributed by atoms with van der Waals surface area (Å²) in [5, 5.41) is 6.90. The normalized spacial score (nSPS) is 11.6. The van der Waals surface area contributed by atoms with E-state index in [4.69, 9.17) is 8.83 Å². The molecule has 55 heavy (non-hydrogen) atoms. The van der Waals surface area contributed by atoms with Crippen LogP contribution < -0.4 is 4.90 Å². The summed E-state index contributed by atoms with van der Waals surface area (Å²) in [5.41, 5.74) is 13.9. The van der Waals surface area contributed by atoms with Gasteiger partial charge in [0, 0.05) is 38.6 Å². The highest BCUT2D eigenvalue weighted by atomic mass is 16.3. The third-order valence-corrected chi connectivity index (χ3v) is 10.8. The minimum absolute atomic E-state index is 0.893. The van der Waals surface area contributed by atoms with Crippen molar-refractivity contribution in [3.63, 3.8) is 0 Å². The van der Waals surface area contributed by atoms with Gasteiger partial charge in [0.2, 0.25) is 0 Å². The topological polar surface area (TPSA) is 29.5 Å². The van der Waals surface area contributed by atoms with E-state index in [1.807, 2.05) is 24.3 Å². The van der Waals surface area contributed by atoms with Crippen molar-refractivity contribution in [2.45, 2.75) is 0 Å². The molecule has 258 valence electrons. The molecule has 0 amide bonds. The Hall–Kier alpha value is -7.36. The van der Waals surface area contributed by atoms with Gasteiger partial charge in [0.05, 0.1) is 0 Å². The van der Waals surface area contributed by atoms with E-state index in [2.05, 4.69) is 181 Å². The van der Waals surface area contributed by atoms with Crippen LogP contribution in [0.4, 0.5) is 17.1 Å². The molecule has 0 unspecified atom stereocenters. The van der Waals surface area contributed by atoms with E-state index in [0.29, 0.717) is 0 Å². The molecule has 0 bridgehead atoms. The summed E-state index contributed by atoms with van der Waals surface area (Å²) in [6.45, 7) is 0. The van der Waals surface area contributed by atoms with Crippen LogP contribution in [0, 0.1) is 0 Å². The Bertz CT molecular complexity index is 3190. The minimum Gasteiger partial charge on any atom is -0.456 e. The van der Waals surface area contributed by atoms with Gasteiger partial charge in [-0.25, -0.2) is 0 Å². The number of para-hydroxylation sites is 2. The van der Waals surface area contributed by atoms with Crippen molar-refractivity contribution in [2.24, 2.45) is 0 Å². The number of fused-ring (bicyclic) bond motifs is 7. The number of furan rings is 2. The molecule has 0 aliphatic heterocycles. The Kier molecular flexibility index (Phi) is 7.17. The summed E-state index contributed by atoms with van der Waals surface area (Å²) in [6, 6.07) is 71.1. The zero-order valence-electron chi connectivity index (χ0n) is 29.8. The van der Waals surface area contributed by atoms with E-state index >= 15 is 0 Å². The Morgan fingerprint density at radius 3 is 1.65 bits per heavy atom. The van der Waals surface area contributed by atoms with Crippen LogP contribution >= 0.6 is 0 Å². The van der Waals surface area contributed by atoms with Crippen molar-refractivity contribution >= 4 is 71.7 Å². The highest BCUT2D eigenvalue weighted by Crippen LogP contribution is 2.42. The number of rotatable bonds is 6. The van der Waals surface area contributed by atoms with Gasteiger partial charge in [-0.2, -0.15) is 0 Å². The molecule has 2 heterocycles. The lowest BCUT2D eigenvalue weighted by atomic mass is 9.98. The number of hydrogen-bond acceptors (Lipinski definition) is 3. The number of hydrogen-bond donors (Lipinski definition) is 0. The van der Waals surface area contributed by atoms with E-state index in [1.54, 1.807) is 0 Å². The molecule has 9 aromatic carbocycles. The standard InChI is InChI=1S/C52H33NO2/c1-2-10-34(11-3-1)35-22-26-41(27-23-35)53(43-13-8-12-39(31-43)44-16-9-19-50-52(44)46-15-5-7-18-49(46)54-50)42-28-24-36(25-29-42)37-20-21-38-33-51-47(32-40(38)30-37)45-14-4-6-17-48(45)55-51/h1-33H. The lowest BCUT2D eigenvalue weighted by Crippen LogP contribution is -2.10. The maximum Gasteiger partial charge on any atom is 0.136 e. The number of benzene rings is 9.